The molecule has 3 rings (SSSR count). The molecule has 0 radical (unpaired) electrons. The van der Waals surface area contributed by atoms with Gasteiger partial charge in [0.2, 0.25) is 5.91 Å². The molecule has 7 heteroatoms. The number of carbonyl (C=O) groups is 2. The van der Waals surface area contributed by atoms with Crippen LogP contribution in [-0.4, -0.2) is 21.2 Å². The fraction of sp³-hybridized carbons (Fsp3) is 0.211. The van der Waals surface area contributed by atoms with Crippen molar-refractivity contribution in [2.45, 2.75) is 18.9 Å². The van der Waals surface area contributed by atoms with E-state index in [0.29, 0.717) is 9.21 Å². The van der Waals surface area contributed by atoms with Crippen molar-refractivity contribution < 1.29 is 9.59 Å². The normalized spacial score (nSPS) is 11.9. The van der Waals surface area contributed by atoms with E-state index in [1.807, 2.05) is 48.1 Å². The number of ketones is 1. The molecule has 1 N–H and O–H groups in total. The number of hydrogen-bond acceptors (Lipinski definition) is 4. The van der Waals surface area contributed by atoms with E-state index in [1.165, 1.54) is 11.3 Å². The summed E-state index contributed by atoms with van der Waals surface area (Å²) in [5.74, 6) is 0.462. The summed E-state index contributed by atoms with van der Waals surface area (Å²) in [6.45, 7) is 0. The van der Waals surface area contributed by atoms with Gasteiger partial charge < -0.3 is 9.88 Å². The first kappa shape index (κ1) is 18.4. The fourth-order valence-electron chi connectivity index (χ4n) is 2.65. The number of rotatable bonds is 7. The molecule has 1 amide bonds. The van der Waals surface area contributed by atoms with E-state index in [2.05, 4.69) is 10.3 Å². The maximum atomic E-state index is 12.5. The molecule has 0 aliphatic heterocycles. The molecule has 1 atom stereocenters. The minimum atomic E-state index is -0.366. The third-order valence-corrected chi connectivity index (χ3v) is 5.25. The number of benzene rings is 1. The molecule has 1 unspecified atom stereocenters. The standard InChI is InChI=1S/C19H18ClN3O2S/c1-23-12-11-21-19(23)18(13-5-3-2-4-6-13)22-17(25)10-7-14(24)15-8-9-16(20)26-15/h2-6,8-9,11-12,18H,7,10H2,1H3,(H,22,25). The Morgan fingerprint density at radius 2 is 1.96 bits per heavy atom. The number of nitrogens with one attached hydrogen (secondary N) is 1. The highest BCUT2D eigenvalue weighted by molar-refractivity contribution is 7.18. The Labute approximate surface area is 160 Å². The van der Waals surface area contributed by atoms with Crippen molar-refractivity contribution in [1.82, 2.24) is 14.9 Å². The highest BCUT2D eigenvalue weighted by Gasteiger charge is 2.21. The maximum Gasteiger partial charge on any atom is 0.221 e. The lowest BCUT2D eigenvalue weighted by molar-refractivity contribution is -0.121. The van der Waals surface area contributed by atoms with Crippen LogP contribution in [0.3, 0.4) is 0 Å². The number of amides is 1. The van der Waals surface area contributed by atoms with Crippen LogP contribution in [0.1, 0.15) is 39.9 Å². The Hall–Kier alpha value is -2.44. The Morgan fingerprint density at radius 1 is 1.19 bits per heavy atom. The van der Waals surface area contributed by atoms with Crippen LogP contribution in [-0.2, 0) is 11.8 Å². The van der Waals surface area contributed by atoms with E-state index in [-0.39, 0.29) is 30.6 Å². The van der Waals surface area contributed by atoms with Crippen molar-refractivity contribution in [3.8, 4) is 0 Å². The van der Waals surface area contributed by atoms with Gasteiger partial charge in [-0.1, -0.05) is 41.9 Å². The Bertz CT molecular complexity index is 904. The molecule has 134 valence electrons. The van der Waals surface area contributed by atoms with Crippen LogP contribution >= 0.6 is 22.9 Å². The first-order valence-electron chi connectivity index (χ1n) is 8.14. The average Bonchev–Trinajstić information content (AvgIpc) is 3.27. The van der Waals surface area contributed by atoms with E-state index in [4.69, 9.17) is 11.6 Å². The van der Waals surface area contributed by atoms with Crippen LogP contribution in [0.5, 0.6) is 0 Å². The lowest BCUT2D eigenvalue weighted by atomic mass is 10.1. The second-order valence-corrected chi connectivity index (χ2v) is 7.55. The van der Waals surface area contributed by atoms with Gasteiger partial charge in [0.15, 0.2) is 5.78 Å². The minimum absolute atomic E-state index is 0.0784. The summed E-state index contributed by atoms with van der Waals surface area (Å²) in [6.07, 6.45) is 3.79. The lowest BCUT2D eigenvalue weighted by Gasteiger charge is -2.19. The molecule has 0 bridgehead atoms. The molecule has 0 saturated heterocycles. The minimum Gasteiger partial charge on any atom is -0.342 e. The highest BCUT2D eigenvalue weighted by atomic mass is 35.5. The SMILES string of the molecule is Cn1ccnc1C(NC(=O)CCC(=O)c1ccc(Cl)s1)c1ccccc1. The van der Waals surface area contributed by atoms with Crippen molar-refractivity contribution in [1.29, 1.82) is 0 Å². The third-order valence-electron chi connectivity index (χ3n) is 3.98. The van der Waals surface area contributed by atoms with E-state index < -0.39 is 0 Å². The summed E-state index contributed by atoms with van der Waals surface area (Å²) in [7, 11) is 1.88. The molecule has 0 aliphatic carbocycles. The zero-order valence-electron chi connectivity index (χ0n) is 14.2. The van der Waals surface area contributed by atoms with Gasteiger partial charge in [-0.3, -0.25) is 9.59 Å². The second kappa shape index (κ2) is 8.29. The maximum absolute atomic E-state index is 12.5. The molecular weight excluding hydrogens is 370 g/mol. The van der Waals surface area contributed by atoms with Gasteiger partial charge in [-0.2, -0.15) is 0 Å². The van der Waals surface area contributed by atoms with Gasteiger partial charge in [0.1, 0.15) is 11.9 Å². The Kier molecular flexibility index (Phi) is 5.85. The van der Waals surface area contributed by atoms with Crippen molar-refractivity contribution in [2.24, 2.45) is 7.05 Å². The van der Waals surface area contributed by atoms with Crippen LogP contribution < -0.4 is 5.32 Å². The molecule has 2 heterocycles. The van der Waals surface area contributed by atoms with Gasteiger partial charge in [0, 0.05) is 32.3 Å². The average molecular weight is 388 g/mol. The number of hydrogen-bond donors (Lipinski definition) is 1. The predicted octanol–water partition coefficient (Wildman–Crippen LogP) is 4.00. The van der Waals surface area contributed by atoms with Crippen LogP contribution in [0.15, 0.2) is 54.9 Å². The lowest BCUT2D eigenvalue weighted by Crippen LogP contribution is -2.31. The third kappa shape index (κ3) is 4.39. The van der Waals surface area contributed by atoms with Crippen LogP contribution in [0.2, 0.25) is 4.34 Å². The molecule has 0 aliphatic rings. The number of thiophene rings is 1. The van der Waals surface area contributed by atoms with E-state index >= 15 is 0 Å². The molecular formula is C19H18ClN3O2S. The summed E-state index contributed by atoms with van der Waals surface area (Å²) in [5.41, 5.74) is 0.937. The molecule has 5 nitrogen and oxygen atoms in total. The number of carbonyl (C=O) groups excluding carboxylic acids is 2. The Balaban J connectivity index is 1.68. The summed E-state index contributed by atoms with van der Waals surface area (Å²) in [5, 5.41) is 2.99. The fourth-order valence-corrected chi connectivity index (χ4v) is 3.66. The number of Topliss-reactive ketones (excluding diaryl/α,β-unsaturated/α-hetero) is 1. The summed E-state index contributed by atoms with van der Waals surface area (Å²) in [4.78, 5) is 29.5. The van der Waals surface area contributed by atoms with Crippen LogP contribution in [0, 0.1) is 0 Å². The van der Waals surface area contributed by atoms with Crippen molar-refractivity contribution in [2.75, 3.05) is 0 Å². The smallest absolute Gasteiger partial charge is 0.221 e. The monoisotopic (exact) mass is 387 g/mol. The van der Waals surface area contributed by atoms with Crippen molar-refractivity contribution in [3.05, 3.63) is 75.5 Å². The van der Waals surface area contributed by atoms with Crippen molar-refractivity contribution >= 4 is 34.6 Å². The van der Waals surface area contributed by atoms with E-state index in [0.717, 1.165) is 11.4 Å². The first-order chi connectivity index (χ1) is 12.5. The van der Waals surface area contributed by atoms with E-state index in [9.17, 15) is 9.59 Å². The summed E-state index contributed by atoms with van der Waals surface area (Å²) >= 11 is 7.08. The zero-order valence-corrected chi connectivity index (χ0v) is 15.8. The molecule has 0 saturated carbocycles. The zero-order chi connectivity index (χ0) is 18.5. The van der Waals surface area contributed by atoms with Crippen LogP contribution in [0.25, 0.3) is 0 Å². The molecule has 3 aromatic rings. The van der Waals surface area contributed by atoms with Gasteiger partial charge >= 0.3 is 0 Å². The summed E-state index contributed by atoms with van der Waals surface area (Å²) in [6, 6.07) is 12.7. The van der Waals surface area contributed by atoms with Gasteiger partial charge in [0.25, 0.3) is 0 Å². The molecule has 0 spiro atoms. The van der Waals surface area contributed by atoms with Gasteiger partial charge in [-0.05, 0) is 17.7 Å². The number of nitrogens with zero attached hydrogens (tertiary/aromatic N) is 2. The van der Waals surface area contributed by atoms with Gasteiger partial charge in [0.05, 0.1) is 9.21 Å². The highest BCUT2D eigenvalue weighted by Crippen LogP contribution is 2.23. The van der Waals surface area contributed by atoms with Crippen LogP contribution in [0.4, 0.5) is 0 Å². The molecule has 1 aromatic carbocycles. The first-order valence-corrected chi connectivity index (χ1v) is 9.34. The largest absolute Gasteiger partial charge is 0.342 e. The number of aromatic nitrogens is 2. The van der Waals surface area contributed by atoms with Gasteiger partial charge in [-0.25, -0.2) is 4.98 Å². The number of aryl methyl sites for hydroxylation is 1. The quantitative estimate of drug-likeness (QED) is 0.623. The topological polar surface area (TPSA) is 64.0 Å². The van der Waals surface area contributed by atoms with Crippen molar-refractivity contribution in [3.63, 3.8) is 0 Å². The molecule has 0 fully saturated rings. The molecule has 26 heavy (non-hydrogen) atoms. The second-order valence-electron chi connectivity index (χ2n) is 5.83. The van der Waals surface area contributed by atoms with E-state index in [1.54, 1.807) is 18.3 Å². The predicted molar refractivity (Wildman–Crippen MR) is 103 cm³/mol. The Morgan fingerprint density at radius 3 is 2.58 bits per heavy atom. The number of imidazole rings is 1. The molecule has 2 aromatic heterocycles. The summed E-state index contributed by atoms with van der Waals surface area (Å²) < 4.78 is 2.44. The number of halogens is 1. The van der Waals surface area contributed by atoms with Gasteiger partial charge in [-0.15, -0.1) is 11.3 Å².